The van der Waals surface area contributed by atoms with E-state index in [1.54, 1.807) is 0 Å². The van der Waals surface area contributed by atoms with Crippen LogP contribution in [0.5, 0.6) is 0 Å². The van der Waals surface area contributed by atoms with Crippen molar-refractivity contribution < 1.29 is 9.90 Å². The van der Waals surface area contributed by atoms with E-state index in [9.17, 15) is 4.79 Å². The molecule has 1 heterocycles. The molecule has 1 aromatic rings. The summed E-state index contributed by atoms with van der Waals surface area (Å²) in [5.74, 6) is -0.745. The molecule has 0 aliphatic carbocycles. The van der Waals surface area contributed by atoms with Crippen molar-refractivity contribution in [3.05, 3.63) is 29.3 Å². The van der Waals surface area contributed by atoms with Gasteiger partial charge < -0.3 is 10.4 Å². The number of anilines is 1. The van der Waals surface area contributed by atoms with Crippen LogP contribution in [-0.2, 0) is 16.6 Å². The molecule has 0 saturated carbocycles. The Morgan fingerprint density at radius 1 is 1.47 bits per heavy atom. The fourth-order valence-corrected chi connectivity index (χ4v) is 2.38. The van der Waals surface area contributed by atoms with E-state index < -0.39 is 5.97 Å². The normalized spacial score (nSPS) is 14.9. The number of carbonyl (C=O) groups is 1. The van der Waals surface area contributed by atoms with Crippen molar-refractivity contribution in [1.82, 2.24) is 0 Å². The molecule has 0 bridgehead atoms. The second-order valence-electron chi connectivity index (χ2n) is 5.36. The summed E-state index contributed by atoms with van der Waals surface area (Å²) in [5, 5.41) is 12.3. The molecule has 0 aromatic heterocycles. The van der Waals surface area contributed by atoms with E-state index in [0.29, 0.717) is 0 Å². The average Bonchev–Trinajstić information content (AvgIpc) is 2.26. The fraction of sp³-hybridized carbons (Fsp3) is 0.500. The van der Waals surface area contributed by atoms with Gasteiger partial charge in [0.05, 0.1) is 6.42 Å². The first-order valence-electron chi connectivity index (χ1n) is 6.08. The van der Waals surface area contributed by atoms with Crippen LogP contribution in [0.4, 0.5) is 5.69 Å². The molecule has 0 spiro atoms. The van der Waals surface area contributed by atoms with Gasteiger partial charge in [-0.05, 0) is 30.0 Å². The van der Waals surface area contributed by atoms with Crippen molar-refractivity contribution in [3.63, 3.8) is 0 Å². The lowest BCUT2D eigenvalue weighted by atomic mass is 9.80. The van der Waals surface area contributed by atoms with Gasteiger partial charge in [0, 0.05) is 17.6 Å². The monoisotopic (exact) mass is 233 g/mol. The molecular weight excluding hydrogens is 214 g/mol. The van der Waals surface area contributed by atoms with Crippen molar-refractivity contribution in [2.45, 2.75) is 38.5 Å². The van der Waals surface area contributed by atoms with Crippen LogP contribution in [-0.4, -0.2) is 17.6 Å². The van der Waals surface area contributed by atoms with Gasteiger partial charge in [-0.15, -0.1) is 0 Å². The van der Waals surface area contributed by atoms with Crippen LogP contribution >= 0.6 is 0 Å². The van der Waals surface area contributed by atoms with Gasteiger partial charge in [-0.1, -0.05) is 26.0 Å². The average molecular weight is 233 g/mol. The summed E-state index contributed by atoms with van der Waals surface area (Å²) in [6.45, 7) is 5.00. The number of aryl methyl sites for hydroxylation is 1. The maximum Gasteiger partial charge on any atom is 0.304 e. The van der Waals surface area contributed by atoms with E-state index in [2.05, 4.69) is 17.4 Å². The number of carboxylic acid groups (broad SMARTS) is 1. The van der Waals surface area contributed by atoms with E-state index in [1.165, 1.54) is 11.3 Å². The third kappa shape index (κ3) is 2.60. The van der Waals surface area contributed by atoms with E-state index in [0.717, 1.165) is 24.9 Å². The van der Waals surface area contributed by atoms with Gasteiger partial charge in [0.2, 0.25) is 0 Å². The van der Waals surface area contributed by atoms with Gasteiger partial charge in [0.1, 0.15) is 0 Å². The molecule has 3 heteroatoms. The lowest BCUT2D eigenvalue weighted by Crippen LogP contribution is -2.22. The quantitative estimate of drug-likeness (QED) is 0.844. The Kier molecular flexibility index (Phi) is 3.09. The SMILES string of the molecule is CC(C)(CC(=O)O)c1ccc2c(c1)CCCN2. The zero-order chi connectivity index (χ0) is 12.5. The third-order valence-electron chi connectivity index (χ3n) is 3.42. The number of rotatable bonds is 3. The smallest absolute Gasteiger partial charge is 0.304 e. The van der Waals surface area contributed by atoms with Crippen molar-refractivity contribution >= 4 is 11.7 Å². The maximum atomic E-state index is 10.9. The van der Waals surface area contributed by atoms with Gasteiger partial charge >= 0.3 is 5.97 Å². The minimum absolute atomic E-state index is 0.166. The number of hydrogen-bond acceptors (Lipinski definition) is 2. The van der Waals surface area contributed by atoms with Crippen LogP contribution in [0.15, 0.2) is 18.2 Å². The molecule has 0 amide bonds. The van der Waals surface area contributed by atoms with Crippen molar-refractivity contribution in [2.75, 3.05) is 11.9 Å². The van der Waals surface area contributed by atoms with Gasteiger partial charge in [-0.2, -0.15) is 0 Å². The molecule has 0 radical (unpaired) electrons. The van der Waals surface area contributed by atoms with Gasteiger partial charge in [0.15, 0.2) is 0 Å². The highest BCUT2D eigenvalue weighted by Crippen LogP contribution is 2.31. The Bertz CT molecular complexity index is 438. The highest BCUT2D eigenvalue weighted by Gasteiger charge is 2.25. The Morgan fingerprint density at radius 2 is 2.24 bits per heavy atom. The molecule has 1 aromatic carbocycles. The van der Waals surface area contributed by atoms with Crippen LogP contribution in [0.2, 0.25) is 0 Å². The number of carboxylic acids is 1. The van der Waals surface area contributed by atoms with Gasteiger partial charge in [-0.25, -0.2) is 0 Å². The molecule has 1 aliphatic rings. The van der Waals surface area contributed by atoms with Gasteiger partial charge in [-0.3, -0.25) is 4.79 Å². The van der Waals surface area contributed by atoms with Crippen LogP contribution in [0, 0.1) is 0 Å². The topological polar surface area (TPSA) is 49.3 Å². The summed E-state index contributed by atoms with van der Waals surface area (Å²) < 4.78 is 0. The molecule has 17 heavy (non-hydrogen) atoms. The minimum atomic E-state index is -0.745. The molecular formula is C14H19NO2. The standard InChI is InChI=1S/C14H19NO2/c1-14(2,9-13(16)17)11-5-6-12-10(8-11)4-3-7-15-12/h5-6,8,15H,3-4,7,9H2,1-2H3,(H,16,17). The molecule has 3 nitrogen and oxygen atoms in total. The first kappa shape index (κ1) is 12.0. The van der Waals surface area contributed by atoms with E-state index in [1.807, 2.05) is 19.9 Å². The number of fused-ring (bicyclic) bond motifs is 1. The van der Waals surface area contributed by atoms with Crippen LogP contribution in [0.1, 0.15) is 37.8 Å². The number of aliphatic carboxylic acids is 1. The summed E-state index contributed by atoms with van der Waals surface area (Å²) in [6.07, 6.45) is 2.40. The zero-order valence-electron chi connectivity index (χ0n) is 10.4. The van der Waals surface area contributed by atoms with E-state index in [-0.39, 0.29) is 11.8 Å². The second-order valence-corrected chi connectivity index (χ2v) is 5.36. The minimum Gasteiger partial charge on any atom is -0.481 e. The summed E-state index contributed by atoms with van der Waals surface area (Å²) >= 11 is 0. The summed E-state index contributed by atoms with van der Waals surface area (Å²) in [4.78, 5) is 10.9. The Balaban J connectivity index is 2.30. The third-order valence-corrected chi connectivity index (χ3v) is 3.42. The maximum absolute atomic E-state index is 10.9. The fourth-order valence-electron chi connectivity index (χ4n) is 2.38. The number of nitrogens with one attached hydrogen (secondary N) is 1. The van der Waals surface area contributed by atoms with Crippen LogP contribution < -0.4 is 5.32 Å². The van der Waals surface area contributed by atoms with E-state index >= 15 is 0 Å². The van der Waals surface area contributed by atoms with Crippen molar-refractivity contribution in [3.8, 4) is 0 Å². The summed E-state index contributed by atoms with van der Waals surface area (Å²) in [6, 6.07) is 6.28. The highest BCUT2D eigenvalue weighted by molar-refractivity contribution is 5.69. The van der Waals surface area contributed by atoms with Crippen molar-refractivity contribution in [2.24, 2.45) is 0 Å². The molecule has 2 rings (SSSR count). The molecule has 0 unspecified atom stereocenters. The molecule has 1 aliphatic heterocycles. The molecule has 0 atom stereocenters. The first-order chi connectivity index (χ1) is 7.99. The number of benzene rings is 1. The first-order valence-corrected chi connectivity index (χ1v) is 6.08. The predicted molar refractivity (Wildman–Crippen MR) is 68.5 cm³/mol. The lowest BCUT2D eigenvalue weighted by Gasteiger charge is -2.26. The second kappa shape index (κ2) is 4.40. The van der Waals surface area contributed by atoms with Crippen molar-refractivity contribution in [1.29, 1.82) is 0 Å². The number of hydrogen-bond donors (Lipinski definition) is 2. The highest BCUT2D eigenvalue weighted by atomic mass is 16.4. The van der Waals surface area contributed by atoms with Crippen LogP contribution in [0.25, 0.3) is 0 Å². The molecule has 2 N–H and O–H groups in total. The molecule has 0 fully saturated rings. The molecule has 92 valence electrons. The molecule has 0 saturated heterocycles. The van der Waals surface area contributed by atoms with E-state index in [4.69, 9.17) is 5.11 Å². The Morgan fingerprint density at radius 3 is 2.94 bits per heavy atom. The summed E-state index contributed by atoms with van der Waals surface area (Å²) in [7, 11) is 0. The Hall–Kier alpha value is -1.51. The largest absolute Gasteiger partial charge is 0.481 e. The lowest BCUT2D eigenvalue weighted by molar-refractivity contribution is -0.138. The predicted octanol–water partition coefficient (Wildman–Crippen LogP) is 2.80. The Labute approximate surface area is 102 Å². The summed E-state index contributed by atoms with van der Waals surface area (Å²) in [5.41, 5.74) is 3.32. The van der Waals surface area contributed by atoms with Gasteiger partial charge in [0.25, 0.3) is 0 Å². The van der Waals surface area contributed by atoms with Crippen LogP contribution in [0.3, 0.4) is 0 Å². The zero-order valence-corrected chi connectivity index (χ0v) is 10.4.